The Balaban J connectivity index is 2.10. The van der Waals surface area contributed by atoms with Crippen molar-refractivity contribution in [1.82, 2.24) is 0 Å². The molecule has 0 bridgehead atoms. The average molecular weight is 190 g/mol. The maximum atomic E-state index is 5.95. The molecule has 1 aromatic rings. The molecule has 1 heteroatoms. The summed E-state index contributed by atoms with van der Waals surface area (Å²) in [5.74, 6) is 1.86. The van der Waals surface area contributed by atoms with E-state index in [0.29, 0.717) is 6.10 Å². The molecule has 0 unspecified atom stereocenters. The van der Waals surface area contributed by atoms with Crippen LogP contribution < -0.4 is 4.74 Å². The van der Waals surface area contributed by atoms with Crippen molar-refractivity contribution in [1.29, 1.82) is 0 Å². The molecule has 1 nitrogen and oxygen atoms in total. The van der Waals surface area contributed by atoms with Crippen molar-refractivity contribution in [2.75, 3.05) is 0 Å². The van der Waals surface area contributed by atoms with Gasteiger partial charge in [0.05, 0.1) is 6.10 Å². The monoisotopic (exact) mass is 190 g/mol. The number of rotatable bonds is 3. The summed E-state index contributed by atoms with van der Waals surface area (Å²) in [6.07, 6.45) is 3.06. The third kappa shape index (κ3) is 2.09. The minimum Gasteiger partial charge on any atom is -0.490 e. The maximum Gasteiger partial charge on any atom is 0.122 e. The number of hydrogen-bond donors (Lipinski definition) is 0. The molecule has 1 fully saturated rings. The van der Waals surface area contributed by atoms with E-state index in [2.05, 4.69) is 39.0 Å². The normalized spacial score (nSPS) is 17.9. The second-order valence-corrected chi connectivity index (χ2v) is 4.43. The van der Waals surface area contributed by atoms with Crippen LogP contribution in [0.3, 0.4) is 0 Å². The van der Waals surface area contributed by atoms with Gasteiger partial charge in [-0.25, -0.2) is 0 Å². The van der Waals surface area contributed by atoms with Crippen molar-refractivity contribution >= 4 is 0 Å². The van der Waals surface area contributed by atoms with E-state index in [-0.39, 0.29) is 0 Å². The summed E-state index contributed by atoms with van der Waals surface area (Å²) in [6, 6.07) is 6.39. The third-order valence-corrected chi connectivity index (χ3v) is 2.94. The van der Waals surface area contributed by atoms with Gasteiger partial charge in [0.25, 0.3) is 0 Å². The second kappa shape index (κ2) is 3.64. The fraction of sp³-hybridized carbons (Fsp3) is 0.538. The Labute approximate surface area is 86.1 Å². The van der Waals surface area contributed by atoms with Gasteiger partial charge in [0.2, 0.25) is 0 Å². The molecule has 0 heterocycles. The van der Waals surface area contributed by atoms with Crippen molar-refractivity contribution in [3.63, 3.8) is 0 Å². The van der Waals surface area contributed by atoms with Crippen LogP contribution in [0.25, 0.3) is 0 Å². The SMILES string of the molecule is Cc1ccc(C)c(O[C@@H](C)C2CC2)c1. The van der Waals surface area contributed by atoms with Gasteiger partial charge in [-0.3, -0.25) is 0 Å². The summed E-state index contributed by atoms with van der Waals surface area (Å²) in [6.45, 7) is 6.39. The van der Waals surface area contributed by atoms with Gasteiger partial charge >= 0.3 is 0 Å². The molecule has 2 rings (SSSR count). The van der Waals surface area contributed by atoms with Gasteiger partial charge in [-0.05, 0) is 56.7 Å². The minimum absolute atomic E-state index is 0.385. The summed E-state index contributed by atoms with van der Waals surface area (Å²) in [5.41, 5.74) is 2.51. The van der Waals surface area contributed by atoms with E-state index >= 15 is 0 Å². The Hall–Kier alpha value is -0.980. The molecule has 14 heavy (non-hydrogen) atoms. The summed E-state index contributed by atoms with van der Waals surface area (Å²) in [5, 5.41) is 0. The largest absolute Gasteiger partial charge is 0.490 e. The Bertz CT molecular complexity index is 326. The van der Waals surface area contributed by atoms with Gasteiger partial charge in [-0.2, -0.15) is 0 Å². The summed E-state index contributed by atoms with van der Waals surface area (Å²) in [7, 11) is 0. The summed E-state index contributed by atoms with van der Waals surface area (Å²) in [4.78, 5) is 0. The van der Waals surface area contributed by atoms with Crippen LogP contribution in [0.5, 0.6) is 5.75 Å². The van der Waals surface area contributed by atoms with E-state index < -0.39 is 0 Å². The zero-order chi connectivity index (χ0) is 10.1. The molecular formula is C13H18O. The lowest BCUT2D eigenvalue weighted by Crippen LogP contribution is -2.14. The van der Waals surface area contributed by atoms with Gasteiger partial charge in [0, 0.05) is 0 Å². The van der Waals surface area contributed by atoms with Crippen molar-refractivity contribution in [2.24, 2.45) is 5.92 Å². The molecule has 0 spiro atoms. The highest BCUT2D eigenvalue weighted by atomic mass is 16.5. The Kier molecular flexibility index (Phi) is 2.49. The van der Waals surface area contributed by atoms with Crippen LogP contribution in [-0.2, 0) is 0 Å². The van der Waals surface area contributed by atoms with Crippen molar-refractivity contribution in [3.8, 4) is 5.75 Å². The highest BCUT2D eigenvalue weighted by molar-refractivity contribution is 5.36. The molecule has 1 aliphatic carbocycles. The van der Waals surface area contributed by atoms with E-state index in [4.69, 9.17) is 4.74 Å². The first-order chi connectivity index (χ1) is 6.66. The van der Waals surface area contributed by atoms with Gasteiger partial charge < -0.3 is 4.74 Å². The van der Waals surface area contributed by atoms with Gasteiger partial charge in [-0.15, -0.1) is 0 Å². The first-order valence-corrected chi connectivity index (χ1v) is 5.41. The molecule has 1 aromatic carbocycles. The van der Waals surface area contributed by atoms with E-state index in [1.165, 1.54) is 24.0 Å². The van der Waals surface area contributed by atoms with Gasteiger partial charge in [-0.1, -0.05) is 12.1 Å². The standard InChI is InChI=1S/C13H18O/c1-9-4-5-10(2)13(8-9)14-11(3)12-6-7-12/h4-5,8,11-12H,6-7H2,1-3H3/t11-/m0/s1. The molecular weight excluding hydrogens is 172 g/mol. The zero-order valence-corrected chi connectivity index (χ0v) is 9.21. The smallest absolute Gasteiger partial charge is 0.122 e. The highest BCUT2D eigenvalue weighted by Gasteiger charge is 2.29. The zero-order valence-electron chi connectivity index (χ0n) is 9.21. The molecule has 0 amide bonds. The van der Waals surface area contributed by atoms with Crippen molar-refractivity contribution in [2.45, 2.75) is 39.7 Å². The first kappa shape index (κ1) is 9.57. The van der Waals surface area contributed by atoms with Gasteiger partial charge in [0.15, 0.2) is 0 Å². The molecule has 76 valence electrons. The Morgan fingerprint density at radius 3 is 2.64 bits per heavy atom. The summed E-state index contributed by atoms with van der Waals surface area (Å²) >= 11 is 0. The number of aryl methyl sites for hydroxylation is 2. The number of benzene rings is 1. The van der Waals surface area contributed by atoms with Crippen LogP contribution in [0.1, 0.15) is 30.9 Å². The van der Waals surface area contributed by atoms with Crippen LogP contribution in [-0.4, -0.2) is 6.10 Å². The van der Waals surface area contributed by atoms with Crippen molar-refractivity contribution in [3.05, 3.63) is 29.3 Å². The Morgan fingerprint density at radius 1 is 1.29 bits per heavy atom. The lowest BCUT2D eigenvalue weighted by molar-refractivity contribution is 0.196. The molecule has 0 radical (unpaired) electrons. The van der Waals surface area contributed by atoms with E-state index in [1.54, 1.807) is 0 Å². The van der Waals surface area contributed by atoms with Crippen LogP contribution >= 0.6 is 0 Å². The minimum atomic E-state index is 0.385. The number of hydrogen-bond acceptors (Lipinski definition) is 1. The van der Waals surface area contributed by atoms with Crippen LogP contribution in [0.15, 0.2) is 18.2 Å². The van der Waals surface area contributed by atoms with Crippen LogP contribution in [0.2, 0.25) is 0 Å². The molecule has 0 saturated heterocycles. The van der Waals surface area contributed by atoms with E-state index in [1.807, 2.05) is 0 Å². The molecule has 0 aliphatic heterocycles. The van der Waals surface area contributed by atoms with E-state index in [0.717, 1.165) is 11.7 Å². The van der Waals surface area contributed by atoms with E-state index in [9.17, 15) is 0 Å². The maximum absolute atomic E-state index is 5.95. The molecule has 0 aromatic heterocycles. The number of ether oxygens (including phenoxy) is 1. The molecule has 1 atom stereocenters. The summed E-state index contributed by atoms with van der Waals surface area (Å²) < 4.78 is 5.95. The predicted octanol–water partition coefficient (Wildman–Crippen LogP) is 3.48. The quantitative estimate of drug-likeness (QED) is 0.709. The molecule has 1 aliphatic rings. The first-order valence-electron chi connectivity index (χ1n) is 5.41. The highest BCUT2D eigenvalue weighted by Crippen LogP contribution is 2.35. The van der Waals surface area contributed by atoms with Crippen LogP contribution in [0.4, 0.5) is 0 Å². The topological polar surface area (TPSA) is 9.23 Å². The fourth-order valence-electron chi connectivity index (χ4n) is 1.70. The third-order valence-electron chi connectivity index (χ3n) is 2.94. The fourth-order valence-corrected chi connectivity index (χ4v) is 1.70. The van der Waals surface area contributed by atoms with Gasteiger partial charge in [0.1, 0.15) is 5.75 Å². The molecule has 0 N–H and O–H groups in total. The second-order valence-electron chi connectivity index (χ2n) is 4.43. The van der Waals surface area contributed by atoms with Crippen molar-refractivity contribution < 1.29 is 4.74 Å². The predicted molar refractivity (Wildman–Crippen MR) is 58.7 cm³/mol. The average Bonchev–Trinajstić information content (AvgIpc) is 2.94. The lowest BCUT2D eigenvalue weighted by atomic mass is 10.1. The van der Waals surface area contributed by atoms with Crippen LogP contribution in [0, 0.1) is 19.8 Å². The molecule has 1 saturated carbocycles. The lowest BCUT2D eigenvalue weighted by Gasteiger charge is -2.16. The Morgan fingerprint density at radius 2 is 2.00 bits per heavy atom.